The molecule has 1 atom stereocenters. The molecule has 0 spiro atoms. The van der Waals surface area contributed by atoms with Gasteiger partial charge in [0, 0.05) is 13.0 Å². The summed E-state index contributed by atoms with van der Waals surface area (Å²) in [4.78, 5) is 0. The number of hydrogen-bond acceptors (Lipinski definition) is 2. The van der Waals surface area contributed by atoms with E-state index >= 15 is 0 Å². The SMILES string of the molecule is C=COC1(C)CCNC1. The third kappa shape index (κ3) is 1.45. The first kappa shape index (κ1) is 6.62. The van der Waals surface area contributed by atoms with E-state index in [4.69, 9.17) is 4.74 Å². The molecule has 1 saturated heterocycles. The first-order chi connectivity index (χ1) is 4.27. The van der Waals surface area contributed by atoms with Crippen molar-refractivity contribution in [2.45, 2.75) is 18.9 Å². The maximum absolute atomic E-state index is 5.29. The highest BCUT2D eigenvalue weighted by Gasteiger charge is 2.28. The highest BCUT2D eigenvalue weighted by molar-refractivity contribution is 4.86. The Morgan fingerprint density at radius 1 is 1.78 bits per heavy atom. The van der Waals surface area contributed by atoms with Crippen LogP contribution >= 0.6 is 0 Å². The molecule has 2 nitrogen and oxygen atoms in total. The molecule has 1 aliphatic heterocycles. The third-order valence-corrected chi connectivity index (χ3v) is 1.70. The Morgan fingerprint density at radius 3 is 3.00 bits per heavy atom. The van der Waals surface area contributed by atoms with Crippen molar-refractivity contribution in [3.63, 3.8) is 0 Å². The Hall–Kier alpha value is -0.500. The molecular formula is C7H13NO. The van der Waals surface area contributed by atoms with E-state index in [0.717, 1.165) is 19.5 Å². The lowest BCUT2D eigenvalue weighted by molar-refractivity contribution is 0.0600. The Morgan fingerprint density at radius 2 is 2.56 bits per heavy atom. The molecule has 0 aromatic heterocycles. The van der Waals surface area contributed by atoms with Gasteiger partial charge < -0.3 is 10.1 Å². The molecule has 0 saturated carbocycles. The van der Waals surface area contributed by atoms with Crippen LogP contribution in [0.5, 0.6) is 0 Å². The van der Waals surface area contributed by atoms with E-state index in [2.05, 4.69) is 18.8 Å². The average Bonchev–Trinajstić information content (AvgIpc) is 2.16. The van der Waals surface area contributed by atoms with Crippen LogP contribution in [-0.2, 0) is 4.74 Å². The molecule has 9 heavy (non-hydrogen) atoms. The molecule has 52 valence electrons. The van der Waals surface area contributed by atoms with E-state index < -0.39 is 0 Å². The highest BCUT2D eigenvalue weighted by Crippen LogP contribution is 2.18. The monoisotopic (exact) mass is 127 g/mol. The lowest BCUT2D eigenvalue weighted by atomic mass is 10.1. The van der Waals surface area contributed by atoms with Crippen molar-refractivity contribution in [2.24, 2.45) is 0 Å². The molecule has 2 heteroatoms. The van der Waals surface area contributed by atoms with Gasteiger partial charge in [-0.15, -0.1) is 0 Å². The summed E-state index contributed by atoms with van der Waals surface area (Å²) in [6.07, 6.45) is 2.60. The zero-order chi connectivity index (χ0) is 6.74. The second-order valence-electron chi connectivity index (χ2n) is 2.66. The van der Waals surface area contributed by atoms with Gasteiger partial charge in [-0.1, -0.05) is 6.58 Å². The van der Waals surface area contributed by atoms with Gasteiger partial charge >= 0.3 is 0 Å². The van der Waals surface area contributed by atoms with Crippen LogP contribution in [0.3, 0.4) is 0 Å². The van der Waals surface area contributed by atoms with E-state index in [1.54, 1.807) is 0 Å². The van der Waals surface area contributed by atoms with Crippen LogP contribution in [0.1, 0.15) is 13.3 Å². The minimum absolute atomic E-state index is 0.0156. The van der Waals surface area contributed by atoms with Crippen LogP contribution in [0.2, 0.25) is 0 Å². The van der Waals surface area contributed by atoms with Crippen LogP contribution in [-0.4, -0.2) is 18.7 Å². The van der Waals surface area contributed by atoms with Crippen molar-refractivity contribution in [3.8, 4) is 0 Å². The normalized spacial score (nSPS) is 34.3. The topological polar surface area (TPSA) is 21.3 Å². The van der Waals surface area contributed by atoms with Crippen molar-refractivity contribution in [1.82, 2.24) is 5.32 Å². The predicted molar refractivity (Wildman–Crippen MR) is 37.2 cm³/mol. The number of ether oxygens (including phenoxy) is 1. The Balaban J connectivity index is 2.40. The zero-order valence-corrected chi connectivity index (χ0v) is 5.81. The van der Waals surface area contributed by atoms with Crippen LogP contribution in [0, 0.1) is 0 Å². The van der Waals surface area contributed by atoms with Crippen LogP contribution in [0.25, 0.3) is 0 Å². The van der Waals surface area contributed by atoms with E-state index in [1.165, 1.54) is 6.26 Å². The maximum Gasteiger partial charge on any atom is 0.119 e. The molecule has 1 heterocycles. The molecule has 1 aliphatic rings. The quantitative estimate of drug-likeness (QED) is 0.556. The van der Waals surface area contributed by atoms with Crippen LogP contribution in [0.4, 0.5) is 0 Å². The summed E-state index contributed by atoms with van der Waals surface area (Å²) in [6, 6.07) is 0. The molecule has 0 aliphatic carbocycles. The van der Waals surface area contributed by atoms with Crippen molar-refractivity contribution in [2.75, 3.05) is 13.1 Å². The summed E-state index contributed by atoms with van der Waals surface area (Å²) in [5.74, 6) is 0. The largest absolute Gasteiger partial charge is 0.494 e. The van der Waals surface area contributed by atoms with Gasteiger partial charge in [0.05, 0.1) is 6.26 Å². The second-order valence-corrected chi connectivity index (χ2v) is 2.66. The summed E-state index contributed by atoms with van der Waals surface area (Å²) < 4.78 is 5.29. The lowest BCUT2D eigenvalue weighted by Crippen LogP contribution is -2.28. The third-order valence-electron chi connectivity index (χ3n) is 1.70. The van der Waals surface area contributed by atoms with Gasteiger partial charge in [0.2, 0.25) is 0 Å². The molecule has 1 unspecified atom stereocenters. The number of nitrogens with one attached hydrogen (secondary N) is 1. The Bertz CT molecular complexity index is 105. The average molecular weight is 127 g/mol. The highest BCUT2D eigenvalue weighted by atomic mass is 16.5. The summed E-state index contributed by atoms with van der Waals surface area (Å²) >= 11 is 0. The van der Waals surface area contributed by atoms with Gasteiger partial charge in [-0.05, 0) is 13.5 Å². The first-order valence-corrected chi connectivity index (χ1v) is 3.26. The molecule has 0 aromatic rings. The van der Waals surface area contributed by atoms with Gasteiger partial charge in [0.1, 0.15) is 5.60 Å². The number of rotatable bonds is 2. The molecule has 1 fully saturated rings. The van der Waals surface area contributed by atoms with Gasteiger partial charge in [-0.25, -0.2) is 0 Å². The molecule has 0 amide bonds. The molecular weight excluding hydrogens is 114 g/mol. The standard InChI is InChI=1S/C7H13NO/c1-3-9-7(2)4-5-8-6-7/h3,8H,1,4-6H2,2H3. The summed E-state index contributed by atoms with van der Waals surface area (Å²) in [6.45, 7) is 7.61. The van der Waals surface area contributed by atoms with Crippen molar-refractivity contribution < 1.29 is 4.74 Å². The van der Waals surface area contributed by atoms with Crippen molar-refractivity contribution in [1.29, 1.82) is 0 Å². The predicted octanol–water partition coefficient (Wildman–Crippen LogP) is 0.898. The van der Waals surface area contributed by atoms with Crippen molar-refractivity contribution >= 4 is 0 Å². The smallest absolute Gasteiger partial charge is 0.119 e. The summed E-state index contributed by atoms with van der Waals surface area (Å²) in [7, 11) is 0. The first-order valence-electron chi connectivity index (χ1n) is 3.26. The van der Waals surface area contributed by atoms with E-state index in [0.29, 0.717) is 0 Å². The van der Waals surface area contributed by atoms with Gasteiger partial charge in [-0.3, -0.25) is 0 Å². The molecule has 1 rings (SSSR count). The fourth-order valence-electron chi connectivity index (χ4n) is 1.10. The number of hydrogen-bond donors (Lipinski definition) is 1. The second kappa shape index (κ2) is 2.40. The van der Waals surface area contributed by atoms with Crippen LogP contribution in [0.15, 0.2) is 12.8 Å². The van der Waals surface area contributed by atoms with Gasteiger partial charge in [-0.2, -0.15) is 0 Å². The minimum atomic E-state index is 0.0156. The zero-order valence-electron chi connectivity index (χ0n) is 5.81. The van der Waals surface area contributed by atoms with E-state index in [1.807, 2.05) is 0 Å². The minimum Gasteiger partial charge on any atom is -0.494 e. The van der Waals surface area contributed by atoms with Gasteiger partial charge in [0.15, 0.2) is 0 Å². The fourth-order valence-corrected chi connectivity index (χ4v) is 1.10. The molecule has 0 radical (unpaired) electrons. The maximum atomic E-state index is 5.29. The Labute approximate surface area is 55.9 Å². The summed E-state index contributed by atoms with van der Waals surface area (Å²) in [5, 5.41) is 3.22. The van der Waals surface area contributed by atoms with E-state index in [9.17, 15) is 0 Å². The van der Waals surface area contributed by atoms with Crippen molar-refractivity contribution in [3.05, 3.63) is 12.8 Å². The Kier molecular flexibility index (Phi) is 1.76. The van der Waals surface area contributed by atoms with Gasteiger partial charge in [0.25, 0.3) is 0 Å². The molecule has 0 bridgehead atoms. The lowest BCUT2D eigenvalue weighted by Gasteiger charge is -2.21. The molecule has 0 aromatic carbocycles. The van der Waals surface area contributed by atoms with Crippen LogP contribution < -0.4 is 5.32 Å². The fraction of sp³-hybridized carbons (Fsp3) is 0.714. The molecule has 1 N–H and O–H groups in total. The van der Waals surface area contributed by atoms with E-state index in [-0.39, 0.29) is 5.60 Å². The summed E-state index contributed by atoms with van der Waals surface area (Å²) in [5.41, 5.74) is 0.0156.